The van der Waals surface area contributed by atoms with Gasteiger partial charge in [0.15, 0.2) is 6.10 Å². The number of ether oxygens (including phenoxy) is 1. The van der Waals surface area contributed by atoms with E-state index >= 15 is 0 Å². The second-order valence-corrected chi connectivity index (χ2v) is 7.07. The highest BCUT2D eigenvalue weighted by Gasteiger charge is 2.21. The summed E-state index contributed by atoms with van der Waals surface area (Å²) in [6.07, 6.45) is 13.0. The van der Waals surface area contributed by atoms with Crippen molar-refractivity contribution in [3.8, 4) is 0 Å². The van der Waals surface area contributed by atoms with Crippen molar-refractivity contribution >= 4 is 11.9 Å². The minimum atomic E-state index is -1.21. The van der Waals surface area contributed by atoms with Gasteiger partial charge < -0.3 is 19.1 Å². The Morgan fingerprint density at radius 1 is 1.08 bits per heavy atom. The van der Waals surface area contributed by atoms with Gasteiger partial charge in [-0.05, 0) is 19.3 Å². The van der Waals surface area contributed by atoms with Crippen molar-refractivity contribution < 1.29 is 23.9 Å². The number of allylic oxidation sites excluding steroid dienone is 3. The van der Waals surface area contributed by atoms with Crippen LogP contribution >= 0.6 is 0 Å². The number of rotatable bonds is 13. The lowest BCUT2D eigenvalue weighted by atomic mass is 10.1. The van der Waals surface area contributed by atoms with Gasteiger partial charge in [-0.1, -0.05) is 44.4 Å². The zero-order valence-electron chi connectivity index (χ0n) is 15.6. The molecule has 0 radical (unpaired) electrons. The van der Waals surface area contributed by atoms with Gasteiger partial charge in [0.25, 0.3) is 0 Å². The van der Waals surface area contributed by atoms with Crippen LogP contribution in [-0.4, -0.2) is 50.2 Å². The fourth-order valence-corrected chi connectivity index (χ4v) is 2.29. The van der Waals surface area contributed by atoms with Crippen LogP contribution in [-0.2, 0) is 14.3 Å². The van der Waals surface area contributed by atoms with Crippen molar-refractivity contribution in [3.63, 3.8) is 0 Å². The highest BCUT2D eigenvalue weighted by atomic mass is 16.5. The summed E-state index contributed by atoms with van der Waals surface area (Å²) in [4.78, 5) is 22.5. The minimum Gasteiger partial charge on any atom is -0.550 e. The Morgan fingerprint density at radius 3 is 2.38 bits per heavy atom. The number of quaternary nitrogens is 1. The van der Waals surface area contributed by atoms with Crippen LogP contribution in [0, 0.1) is 0 Å². The van der Waals surface area contributed by atoms with Crippen molar-refractivity contribution in [3.05, 3.63) is 24.3 Å². The summed E-state index contributed by atoms with van der Waals surface area (Å²) in [5.41, 5.74) is 0. The van der Waals surface area contributed by atoms with Gasteiger partial charge >= 0.3 is 5.97 Å². The Balaban J connectivity index is 4.13. The Hall–Kier alpha value is -1.62. The van der Waals surface area contributed by atoms with Crippen LogP contribution in [0.1, 0.15) is 51.9 Å². The SMILES string of the molecule is CCCCCC/C=C\C/C=C/C(=O)O[C@H](CC(=O)[O-])C[N+](C)(C)C. The standard InChI is InChI=1S/C19H33NO4/c1-5-6-7-8-9-10-11-12-13-14-19(23)24-17(15-18(21)22)16-20(2,3)4/h10-11,13-14,17H,5-9,12,15-16H2,1-4H3/b11-10-,14-13+/t17-/m1/s1. The Kier molecular flexibility index (Phi) is 11.9. The monoisotopic (exact) mass is 339 g/mol. The third kappa shape index (κ3) is 15.3. The molecule has 0 unspecified atom stereocenters. The third-order valence-electron chi connectivity index (χ3n) is 3.35. The molecule has 5 heteroatoms. The molecular weight excluding hydrogens is 306 g/mol. The molecular formula is C19H33NO4. The Labute approximate surface area is 146 Å². The molecule has 138 valence electrons. The summed E-state index contributed by atoms with van der Waals surface area (Å²) in [6, 6.07) is 0. The van der Waals surface area contributed by atoms with E-state index in [0.29, 0.717) is 17.4 Å². The second-order valence-electron chi connectivity index (χ2n) is 7.07. The molecule has 5 nitrogen and oxygen atoms in total. The number of carboxylic acid groups (broad SMARTS) is 1. The number of esters is 1. The normalized spacial score (nSPS) is 13.5. The van der Waals surface area contributed by atoms with Crippen LogP contribution in [0.2, 0.25) is 0 Å². The molecule has 0 saturated carbocycles. The van der Waals surface area contributed by atoms with E-state index in [0.717, 1.165) is 6.42 Å². The number of carbonyl (C=O) groups excluding carboxylic acids is 2. The van der Waals surface area contributed by atoms with E-state index in [2.05, 4.69) is 13.0 Å². The first kappa shape index (κ1) is 22.4. The number of aliphatic carboxylic acids is 1. The van der Waals surface area contributed by atoms with Crippen LogP contribution in [0.25, 0.3) is 0 Å². The minimum absolute atomic E-state index is 0.285. The highest BCUT2D eigenvalue weighted by Crippen LogP contribution is 2.06. The van der Waals surface area contributed by atoms with Crippen molar-refractivity contribution in [1.29, 1.82) is 0 Å². The van der Waals surface area contributed by atoms with Crippen molar-refractivity contribution in [2.75, 3.05) is 27.7 Å². The number of carboxylic acids is 1. The molecule has 0 aromatic heterocycles. The number of unbranched alkanes of at least 4 members (excludes halogenated alkanes) is 4. The smallest absolute Gasteiger partial charge is 0.330 e. The van der Waals surface area contributed by atoms with Crippen molar-refractivity contribution in [2.24, 2.45) is 0 Å². The predicted molar refractivity (Wildman–Crippen MR) is 94.1 cm³/mol. The molecule has 0 aliphatic rings. The number of hydrogen-bond acceptors (Lipinski definition) is 4. The molecule has 0 N–H and O–H groups in total. The van der Waals surface area contributed by atoms with Gasteiger partial charge in [-0.15, -0.1) is 0 Å². The van der Waals surface area contributed by atoms with Gasteiger partial charge in [0.2, 0.25) is 0 Å². The molecule has 0 saturated heterocycles. The molecule has 0 spiro atoms. The Morgan fingerprint density at radius 2 is 1.79 bits per heavy atom. The van der Waals surface area contributed by atoms with E-state index < -0.39 is 18.0 Å². The van der Waals surface area contributed by atoms with Crippen LogP contribution < -0.4 is 5.11 Å². The average molecular weight is 339 g/mol. The molecule has 0 rings (SSSR count). The largest absolute Gasteiger partial charge is 0.550 e. The topological polar surface area (TPSA) is 66.4 Å². The number of carbonyl (C=O) groups is 2. The molecule has 1 atom stereocenters. The van der Waals surface area contributed by atoms with Crippen LogP contribution in [0.4, 0.5) is 0 Å². The lowest BCUT2D eigenvalue weighted by Crippen LogP contribution is -2.45. The highest BCUT2D eigenvalue weighted by molar-refractivity contribution is 5.82. The van der Waals surface area contributed by atoms with E-state index in [4.69, 9.17) is 4.74 Å². The number of hydrogen-bond donors (Lipinski definition) is 0. The maximum absolute atomic E-state index is 11.8. The van der Waals surface area contributed by atoms with Crippen molar-refractivity contribution in [1.82, 2.24) is 0 Å². The van der Waals surface area contributed by atoms with Gasteiger partial charge in [-0.2, -0.15) is 0 Å². The summed E-state index contributed by atoms with van der Waals surface area (Å²) < 4.78 is 5.73. The summed E-state index contributed by atoms with van der Waals surface area (Å²) in [5.74, 6) is -1.72. The van der Waals surface area contributed by atoms with Gasteiger partial charge in [0, 0.05) is 18.5 Å². The van der Waals surface area contributed by atoms with Crippen LogP contribution in [0.15, 0.2) is 24.3 Å². The fraction of sp³-hybridized carbons (Fsp3) is 0.684. The quantitative estimate of drug-likeness (QED) is 0.170. The van der Waals surface area contributed by atoms with E-state index in [9.17, 15) is 14.7 Å². The van der Waals surface area contributed by atoms with E-state index in [1.165, 1.54) is 31.8 Å². The van der Waals surface area contributed by atoms with Gasteiger partial charge in [0.05, 0.1) is 21.1 Å². The first-order valence-corrected chi connectivity index (χ1v) is 8.77. The fourth-order valence-electron chi connectivity index (χ4n) is 2.29. The van der Waals surface area contributed by atoms with Crippen LogP contribution in [0.5, 0.6) is 0 Å². The van der Waals surface area contributed by atoms with Crippen molar-refractivity contribution in [2.45, 2.75) is 58.0 Å². The molecule has 0 fully saturated rings. The molecule has 0 heterocycles. The second kappa shape index (κ2) is 12.8. The zero-order valence-corrected chi connectivity index (χ0v) is 15.6. The lowest BCUT2D eigenvalue weighted by Gasteiger charge is -2.29. The van der Waals surface area contributed by atoms with Crippen LogP contribution in [0.3, 0.4) is 0 Å². The molecule has 0 aliphatic carbocycles. The van der Waals surface area contributed by atoms with E-state index in [-0.39, 0.29) is 6.42 Å². The summed E-state index contributed by atoms with van der Waals surface area (Å²) >= 11 is 0. The molecule has 0 amide bonds. The predicted octanol–water partition coefficient (Wildman–Crippen LogP) is 2.22. The lowest BCUT2D eigenvalue weighted by molar-refractivity contribution is -0.873. The van der Waals surface area contributed by atoms with Gasteiger partial charge in [-0.25, -0.2) is 4.79 Å². The molecule has 24 heavy (non-hydrogen) atoms. The van der Waals surface area contributed by atoms with Gasteiger partial charge in [-0.3, -0.25) is 0 Å². The number of likely N-dealkylation sites (N-methyl/N-ethyl adjacent to an activating group) is 1. The molecule has 0 aromatic carbocycles. The maximum atomic E-state index is 11.8. The molecule has 0 aliphatic heterocycles. The first-order valence-electron chi connectivity index (χ1n) is 8.77. The van der Waals surface area contributed by atoms with E-state index in [1.807, 2.05) is 27.2 Å². The molecule has 0 bridgehead atoms. The van der Waals surface area contributed by atoms with Gasteiger partial charge in [0.1, 0.15) is 6.54 Å². The summed E-state index contributed by atoms with van der Waals surface area (Å²) in [5, 5.41) is 10.8. The average Bonchev–Trinajstić information content (AvgIpc) is 2.42. The summed E-state index contributed by atoms with van der Waals surface area (Å²) in [7, 11) is 5.74. The van der Waals surface area contributed by atoms with E-state index in [1.54, 1.807) is 6.08 Å². The number of nitrogens with zero attached hydrogens (tertiary/aromatic N) is 1. The first-order chi connectivity index (χ1) is 11.2. The molecule has 0 aromatic rings. The third-order valence-corrected chi connectivity index (χ3v) is 3.35. The zero-order chi connectivity index (χ0) is 18.4. The maximum Gasteiger partial charge on any atom is 0.330 e. The summed E-state index contributed by atoms with van der Waals surface area (Å²) in [6.45, 7) is 2.61. The Bertz CT molecular complexity index is 422.